The summed E-state index contributed by atoms with van der Waals surface area (Å²) in [6.45, 7) is 0.722. The molecule has 0 spiro atoms. The number of nitrogens with one attached hydrogen (secondary N) is 1. The van der Waals surface area contributed by atoms with Crippen LogP contribution in [0, 0.1) is 16.7 Å². The highest BCUT2D eigenvalue weighted by atomic mass is 32.2. The summed E-state index contributed by atoms with van der Waals surface area (Å²) in [7, 11) is 0. The Bertz CT molecular complexity index is 328. The maximum absolute atomic E-state index is 12.2. The second-order valence-electron chi connectivity index (χ2n) is 5.03. The van der Waals surface area contributed by atoms with Crippen LogP contribution in [-0.4, -0.2) is 35.0 Å². The van der Waals surface area contributed by atoms with E-state index in [1.165, 1.54) is 11.5 Å². The second-order valence-corrected chi connectivity index (χ2v) is 7.59. The first-order valence-electron chi connectivity index (χ1n) is 6.66. The molecular weight excluding hydrogens is 264 g/mol. The Morgan fingerprint density at radius 1 is 1.33 bits per heavy atom. The van der Waals surface area contributed by atoms with Crippen LogP contribution in [0.15, 0.2) is 0 Å². The monoisotopic (exact) mass is 284 g/mol. The van der Waals surface area contributed by atoms with Gasteiger partial charge in [-0.15, -0.1) is 0 Å². The number of carbonyl (C=O) groups excluding carboxylic acids is 1. The van der Waals surface area contributed by atoms with Gasteiger partial charge in [0.05, 0.1) is 6.07 Å². The molecule has 1 saturated heterocycles. The quantitative estimate of drug-likeness (QED) is 0.865. The van der Waals surface area contributed by atoms with Crippen LogP contribution in [0.2, 0.25) is 0 Å². The number of carbonyl (C=O) groups is 1. The largest absolute Gasteiger partial charge is 0.354 e. The van der Waals surface area contributed by atoms with Crippen molar-refractivity contribution in [2.75, 3.05) is 23.8 Å². The van der Waals surface area contributed by atoms with Crippen LogP contribution in [-0.2, 0) is 4.79 Å². The molecule has 2 aliphatic rings. The third-order valence-electron chi connectivity index (χ3n) is 3.73. The summed E-state index contributed by atoms with van der Waals surface area (Å²) in [6.07, 6.45) is 4.65. The van der Waals surface area contributed by atoms with Crippen molar-refractivity contribution in [2.24, 2.45) is 5.41 Å². The Labute approximate surface area is 117 Å². The molecule has 2 rings (SSSR count). The molecule has 0 aromatic heterocycles. The van der Waals surface area contributed by atoms with Crippen molar-refractivity contribution in [3.63, 3.8) is 0 Å². The number of thioether (sulfide) groups is 2. The van der Waals surface area contributed by atoms with Gasteiger partial charge in [0.25, 0.3) is 0 Å². The molecule has 1 saturated carbocycles. The lowest BCUT2D eigenvalue weighted by Gasteiger charge is -2.30. The highest BCUT2D eigenvalue weighted by Gasteiger charge is 2.39. The molecule has 100 valence electrons. The molecule has 0 aromatic rings. The van der Waals surface area contributed by atoms with Gasteiger partial charge in [-0.25, -0.2) is 0 Å². The fraction of sp³-hybridized carbons (Fsp3) is 0.846. The Morgan fingerprint density at radius 3 is 2.72 bits per heavy atom. The molecule has 18 heavy (non-hydrogen) atoms. The standard InChI is InChI=1S/C13H20N2OS2/c14-10-13(4-2-1-3-5-13)12(16)15-8-11-9-17-6-7-18-11/h11H,1-9H2,(H,15,16). The third-order valence-corrected chi connectivity index (χ3v) is 6.58. The molecule has 1 N–H and O–H groups in total. The van der Waals surface area contributed by atoms with Gasteiger partial charge in [0.2, 0.25) is 5.91 Å². The van der Waals surface area contributed by atoms with E-state index in [-0.39, 0.29) is 5.91 Å². The first-order chi connectivity index (χ1) is 8.77. The number of hydrogen-bond acceptors (Lipinski definition) is 4. The van der Waals surface area contributed by atoms with Crippen LogP contribution >= 0.6 is 23.5 Å². The van der Waals surface area contributed by atoms with Crippen molar-refractivity contribution in [3.8, 4) is 6.07 Å². The zero-order valence-electron chi connectivity index (χ0n) is 10.6. The zero-order valence-corrected chi connectivity index (χ0v) is 12.2. The maximum atomic E-state index is 12.2. The molecule has 1 amide bonds. The fourth-order valence-corrected chi connectivity index (χ4v) is 5.19. The summed E-state index contributed by atoms with van der Waals surface area (Å²) < 4.78 is 0. The average Bonchev–Trinajstić information content (AvgIpc) is 2.46. The molecule has 0 bridgehead atoms. The lowest BCUT2D eigenvalue weighted by atomic mass is 9.74. The topological polar surface area (TPSA) is 52.9 Å². The van der Waals surface area contributed by atoms with Crippen molar-refractivity contribution >= 4 is 29.4 Å². The summed E-state index contributed by atoms with van der Waals surface area (Å²) >= 11 is 3.90. The molecule has 0 radical (unpaired) electrons. The van der Waals surface area contributed by atoms with Gasteiger partial charge in [0.1, 0.15) is 5.41 Å². The van der Waals surface area contributed by atoms with Crippen LogP contribution in [0.5, 0.6) is 0 Å². The predicted molar refractivity (Wildman–Crippen MR) is 77.7 cm³/mol. The summed E-state index contributed by atoms with van der Waals surface area (Å²) in [5, 5.41) is 12.9. The maximum Gasteiger partial charge on any atom is 0.240 e. The molecule has 1 aliphatic heterocycles. The highest BCUT2D eigenvalue weighted by Crippen LogP contribution is 2.36. The Hall–Kier alpha value is -0.340. The first kappa shape index (κ1) is 14.1. The van der Waals surface area contributed by atoms with Crippen molar-refractivity contribution in [1.29, 1.82) is 5.26 Å². The minimum Gasteiger partial charge on any atom is -0.354 e. The number of nitriles is 1. The number of amides is 1. The summed E-state index contributed by atoms with van der Waals surface area (Å²) in [6, 6.07) is 2.28. The molecule has 1 heterocycles. The average molecular weight is 284 g/mol. The van der Waals surface area contributed by atoms with Crippen LogP contribution in [0.4, 0.5) is 0 Å². The van der Waals surface area contributed by atoms with Crippen molar-refractivity contribution < 1.29 is 4.79 Å². The van der Waals surface area contributed by atoms with Crippen LogP contribution < -0.4 is 5.32 Å². The summed E-state index contributed by atoms with van der Waals surface area (Å²) in [5.74, 6) is 3.48. The summed E-state index contributed by atoms with van der Waals surface area (Å²) in [4.78, 5) is 12.2. The number of nitrogens with zero attached hydrogens (tertiary/aromatic N) is 1. The van der Waals surface area contributed by atoms with Gasteiger partial charge in [0, 0.05) is 29.1 Å². The minimum absolute atomic E-state index is 0.0270. The fourth-order valence-electron chi connectivity index (χ4n) is 2.58. The van der Waals surface area contributed by atoms with E-state index >= 15 is 0 Å². The molecule has 1 unspecified atom stereocenters. The molecular formula is C13H20N2OS2. The van der Waals surface area contributed by atoms with E-state index in [1.54, 1.807) is 0 Å². The lowest BCUT2D eigenvalue weighted by molar-refractivity contribution is -0.129. The van der Waals surface area contributed by atoms with Gasteiger partial charge in [0.15, 0.2) is 0 Å². The zero-order chi connectivity index (χ0) is 12.8. The molecule has 2 fully saturated rings. The van der Waals surface area contributed by atoms with Gasteiger partial charge in [-0.2, -0.15) is 28.8 Å². The number of rotatable bonds is 3. The summed E-state index contributed by atoms with van der Waals surface area (Å²) in [5.41, 5.74) is -0.731. The van der Waals surface area contributed by atoms with Gasteiger partial charge < -0.3 is 5.32 Å². The molecule has 1 aliphatic carbocycles. The van der Waals surface area contributed by atoms with E-state index in [1.807, 2.05) is 23.5 Å². The van der Waals surface area contributed by atoms with Gasteiger partial charge in [-0.1, -0.05) is 19.3 Å². The van der Waals surface area contributed by atoms with Crippen molar-refractivity contribution in [2.45, 2.75) is 37.4 Å². The highest BCUT2D eigenvalue weighted by molar-refractivity contribution is 8.06. The van der Waals surface area contributed by atoms with Gasteiger partial charge in [-0.3, -0.25) is 4.79 Å². The molecule has 3 nitrogen and oxygen atoms in total. The molecule has 5 heteroatoms. The lowest BCUT2D eigenvalue weighted by Crippen LogP contribution is -2.44. The normalized spacial score (nSPS) is 27.2. The first-order valence-corrected chi connectivity index (χ1v) is 8.86. The Kier molecular flexibility index (Phi) is 5.25. The van der Waals surface area contributed by atoms with Crippen molar-refractivity contribution in [3.05, 3.63) is 0 Å². The van der Waals surface area contributed by atoms with E-state index < -0.39 is 5.41 Å². The smallest absolute Gasteiger partial charge is 0.240 e. The van der Waals surface area contributed by atoms with Gasteiger partial charge >= 0.3 is 0 Å². The van der Waals surface area contributed by atoms with Crippen LogP contribution in [0.3, 0.4) is 0 Å². The second kappa shape index (κ2) is 6.72. The van der Waals surface area contributed by atoms with E-state index in [4.69, 9.17) is 0 Å². The minimum atomic E-state index is -0.731. The predicted octanol–water partition coefficient (Wildman–Crippen LogP) is 2.43. The van der Waals surface area contributed by atoms with E-state index in [2.05, 4.69) is 11.4 Å². The SMILES string of the molecule is N#CC1(C(=O)NCC2CSCCS2)CCCCC1. The molecule has 0 aromatic carbocycles. The molecule has 1 atom stereocenters. The Balaban J connectivity index is 1.84. The van der Waals surface area contributed by atoms with Crippen LogP contribution in [0.25, 0.3) is 0 Å². The van der Waals surface area contributed by atoms with E-state index in [0.29, 0.717) is 5.25 Å². The van der Waals surface area contributed by atoms with Gasteiger partial charge in [-0.05, 0) is 12.8 Å². The third kappa shape index (κ3) is 3.36. The number of hydrogen-bond donors (Lipinski definition) is 1. The van der Waals surface area contributed by atoms with E-state index in [9.17, 15) is 10.1 Å². The van der Waals surface area contributed by atoms with E-state index in [0.717, 1.165) is 44.4 Å². The Morgan fingerprint density at radius 2 is 2.11 bits per heavy atom. The van der Waals surface area contributed by atoms with Crippen LogP contribution in [0.1, 0.15) is 32.1 Å². The van der Waals surface area contributed by atoms with Crippen molar-refractivity contribution in [1.82, 2.24) is 5.32 Å².